The molecule has 0 bridgehead atoms. The van der Waals surface area contributed by atoms with Gasteiger partial charge in [-0.15, -0.1) is 0 Å². The normalized spacial score (nSPS) is 23.7. The molecule has 0 saturated carbocycles. The Balaban J connectivity index is 1.66. The standard InChI is InChI=1S/C23H24N4S/c1-3-17-15-28-23-25-21(19-11-7-8-14-24-19)22(27(17)23)20-13-12-16(2)26(20)18-9-5-4-6-10-18/h4-14,17,21-22H,3,15H2,1-2H3. The van der Waals surface area contributed by atoms with Gasteiger partial charge in [-0.25, -0.2) is 0 Å². The molecule has 0 radical (unpaired) electrons. The summed E-state index contributed by atoms with van der Waals surface area (Å²) in [5.41, 5.74) is 4.78. The van der Waals surface area contributed by atoms with Crippen molar-refractivity contribution in [2.75, 3.05) is 5.75 Å². The fraction of sp³-hybridized carbons (Fsp3) is 0.304. The monoisotopic (exact) mass is 388 g/mol. The first-order valence-electron chi connectivity index (χ1n) is 9.91. The molecule has 0 amide bonds. The Morgan fingerprint density at radius 3 is 2.61 bits per heavy atom. The first-order chi connectivity index (χ1) is 13.8. The van der Waals surface area contributed by atoms with Crippen molar-refractivity contribution in [1.82, 2.24) is 14.5 Å². The van der Waals surface area contributed by atoms with Crippen LogP contribution in [0.1, 0.15) is 42.5 Å². The van der Waals surface area contributed by atoms with E-state index < -0.39 is 0 Å². The van der Waals surface area contributed by atoms with Crippen molar-refractivity contribution >= 4 is 16.9 Å². The van der Waals surface area contributed by atoms with Crippen LogP contribution in [0.15, 0.2) is 71.9 Å². The van der Waals surface area contributed by atoms with E-state index in [1.807, 2.05) is 24.0 Å². The van der Waals surface area contributed by atoms with Crippen molar-refractivity contribution < 1.29 is 0 Å². The van der Waals surface area contributed by atoms with Gasteiger partial charge in [0.1, 0.15) is 12.1 Å². The van der Waals surface area contributed by atoms with Gasteiger partial charge >= 0.3 is 0 Å². The molecule has 2 aliphatic heterocycles. The molecule has 5 rings (SSSR count). The Kier molecular flexibility index (Phi) is 4.47. The molecule has 2 aromatic heterocycles. The molecule has 28 heavy (non-hydrogen) atoms. The Bertz CT molecular complexity index is 996. The highest BCUT2D eigenvalue weighted by atomic mass is 32.2. The number of hydrogen-bond donors (Lipinski definition) is 0. The van der Waals surface area contributed by atoms with Gasteiger partial charge in [0.2, 0.25) is 0 Å². The summed E-state index contributed by atoms with van der Waals surface area (Å²) in [6, 6.07) is 22.0. The maximum absolute atomic E-state index is 5.15. The number of rotatable bonds is 4. The molecule has 3 atom stereocenters. The largest absolute Gasteiger partial charge is 0.337 e. The van der Waals surface area contributed by atoms with Gasteiger partial charge in [-0.2, -0.15) is 0 Å². The fourth-order valence-electron chi connectivity index (χ4n) is 4.39. The lowest BCUT2D eigenvalue weighted by atomic mass is 9.99. The average Bonchev–Trinajstić information content (AvgIpc) is 3.42. The minimum absolute atomic E-state index is 0.0230. The molecule has 0 spiro atoms. The summed E-state index contributed by atoms with van der Waals surface area (Å²) in [6.07, 6.45) is 3.00. The van der Waals surface area contributed by atoms with Gasteiger partial charge in [-0.3, -0.25) is 9.98 Å². The van der Waals surface area contributed by atoms with Crippen LogP contribution in [0.4, 0.5) is 0 Å². The van der Waals surface area contributed by atoms with Crippen molar-refractivity contribution in [2.45, 2.75) is 38.4 Å². The maximum atomic E-state index is 5.15. The Hall–Kier alpha value is -2.53. The number of benzene rings is 1. The van der Waals surface area contributed by atoms with E-state index in [9.17, 15) is 0 Å². The van der Waals surface area contributed by atoms with E-state index >= 15 is 0 Å². The van der Waals surface area contributed by atoms with Crippen LogP contribution in [-0.4, -0.2) is 31.4 Å². The van der Waals surface area contributed by atoms with Crippen molar-refractivity contribution in [1.29, 1.82) is 0 Å². The van der Waals surface area contributed by atoms with Gasteiger partial charge in [0.15, 0.2) is 5.17 Å². The molecule has 3 unspecified atom stereocenters. The topological polar surface area (TPSA) is 33.4 Å². The van der Waals surface area contributed by atoms with Gasteiger partial charge < -0.3 is 9.47 Å². The molecule has 3 aromatic rings. The number of para-hydroxylation sites is 1. The van der Waals surface area contributed by atoms with Crippen LogP contribution in [0, 0.1) is 6.92 Å². The summed E-state index contributed by atoms with van der Waals surface area (Å²) in [5.74, 6) is 1.12. The molecule has 1 fully saturated rings. The second-order valence-electron chi connectivity index (χ2n) is 7.41. The minimum atomic E-state index is 0.0230. The zero-order valence-corrected chi connectivity index (χ0v) is 17.0. The first-order valence-corrected chi connectivity index (χ1v) is 10.9. The Morgan fingerprint density at radius 2 is 1.86 bits per heavy atom. The number of pyridine rings is 1. The number of fused-ring (bicyclic) bond motifs is 1. The molecule has 1 saturated heterocycles. The van der Waals surface area contributed by atoms with Gasteiger partial charge in [0.25, 0.3) is 0 Å². The number of amidine groups is 1. The highest BCUT2D eigenvalue weighted by Gasteiger charge is 2.46. The molecule has 5 heteroatoms. The maximum Gasteiger partial charge on any atom is 0.160 e. The lowest BCUT2D eigenvalue weighted by molar-refractivity contribution is 0.248. The molecular weight excluding hydrogens is 364 g/mol. The number of nitrogens with zero attached hydrogens (tertiary/aromatic N) is 4. The Morgan fingerprint density at radius 1 is 1.04 bits per heavy atom. The average molecular weight is 389 g/mol. The molecule has 2 aliphatic rings. The predicted molar refractivity (Wildman–Crippen MR) is 116 cm³/mol. The second kappa shape index (κ2) is 7.13. The van der Waals surface area contributed by atoms with Crippen molar-refractivity contribution in [3.63, 3.8) is 0 Å². The van der Waals surface area contributed by atoms with E-state index in [4.69, 9.17) is 4.99 Å². The van der Waals surface area contributed by atoms with E-state index in [2.05, 4.69) is 82.9 Å². The number of aromatic nitrogens is 2. The van der Waals surface area contributed by atoms with Crippen LogP contribution in [0.25, 0.3) is 5.69 Å². The first kappa shape index (κ1) is 17.6. The lowest BCUT2D eigenvalue weighted by Crippen LogP contribution is -2.36. The summed E-state index contributed by atoms with van der Waals surface area (Å²) in [6.45, 7) is 4.46. The Labute approximate surface area is 170 Å². The molecule has 1 aromatic carbocycles. The van der Waals surface area contributed by atoms with Crippen LogP contribution in [0.5, 0.6) is 0 Å². The van der Waals surface area contributed by atoms with Crippen LogP contribution in [-0.2, 0) is 0 Å². The SMILES string of the molecule is CCC1CSC2=NC(c3ccccn3)C(c3ccc(C)n3-c3ccccc3)N21. The van der Waals surface area contributed by atoms with E-state index in [1.165, 1.54) is 22.2 Å². The third kappa shape index (κ3) is 2.76. The van der Waals surface area contributed by atoms with E-state index in [-0.39, 0.29) is 12.1 Å². The van der Waals surface area contributed by atoms with Crippen molar-refractivity contribution in [3.05, 3.63) is 83.9 Å². The third-order valence-electron chi connectivity index (χ3n) is 5.75. The summed E-state index contributed by atoms with van der Waals surface area (Å²) < 4.78 is 2.38. The van der Waals surface area contributed by atoms with E-state index in [0.717, 1.165) is 17.9 Å². The van der Waals surface area contributed by atoms with Crippen molar-refractivity contribution in [2.24, 2.45) is 4.99 Å². The molecule has 142 valence electrons. The number of aliphatic imine (C=N–C) groups is 1. The van der Waals surface area contributed by atoms with Crippen LogP contribution >= 0.6 is 11.8 Å². The van der Waals surface area contributed by atoms with Crippen molar-refractivity contribution in [3.8, 4) is 5.69 Å². The third-order valence-corrected chi connectivity index (χ3v) is 6.88. The van der Waals surface area contributed by atoms with Gasteiger partial charge in [-0.1, -0.05) is 43.0 Å². The van der Waals surface area contributed by atoms with Crippen LogP contribution in [0.2, 0.25) is 0 Å². The zero-order chi connectivity index (χ0) is 19.1. The fourth-order valence-corrected chi connectivity index (χ4v) is 5.73. The predicted octanol–water partition coefficient (Wildman–Crippen LogP) is 5.16. The highest BCUT2D eigenvalue weighted by Crippen LogP contribution is 2.49. The number of aryl methyl sites for hydroxylation is 1. The van der Waals surface area contributed by atoms with E-state index in [1.54, 1.807) is 0 Å². The molecule has 0 N–H and O–H groups in total. The van der Waals surface area contributed by atoms with Crippen LogP contribution in [0.3, 0.4) is 0 Å². The van der Waals surface area contributed by atoms with E-state index in [0.29, 0.717) is 6.04 Å². The summed E-state index contributed by atoms with van der Waals surface area (Å²) in [4.78, 5) is 12.4. The number of hydrogen-bond acceptors (Lipinski definition) is 4. The molecular formula is C23H24N4S. The number of thioether (sulfide) groups is 1. The van der Waals surface area contributed by atoms with Gasteiger partial charge in [0.05, 0.1) is 5.69 Å². The molecule has 4 heterocycles. The quantitative estimate of drug-likeness (QED) is 0.619. The molecule has 0 aliphatic carbocycles. The van der Waals surface area contributed by atoms with Gasteiger partial charge in [0, 0.05) is 35.1 Å². The minimum Gasteiger partial charge on any atom is -0.337 e. The smallest absolute Gasteiger partial charge is 0.160 e. The molecule has 4 nitrogen and oxygen atoms in total. The lowest BCUT2D eigenvalue weighted by Gasteiger charge is -2.32. The van der Waals surface area contributed by atoms with Gasteiger partial charge in [-0.05, 0) is 49.7 Å². The zero-order valence-electron chi connectivity index (χ0n) is 16.2. The summed E-state index contributed by atoms with van der Waals surface area (Å²) in [5, 5.41) is 1.17. The summed E-state index contributed by atoms with van der Waals surface area (Å²) >= 11 is 1.89. The van der Waals surface area contributed by atoms with Crippen LogP contribution < -0.4 is 0 Å². The highest BCUT2D eigenvalue weighted by molar-refractivity contribution is 8.14. The second-order valence-corrected chi connectivity index (χ2v) is 8.39. The summed E-state index contributed by atoms with van der Waals surface area (Å²) in [7, 11) is 0.